The first kappa shape index (κ1) is 22.0. The second-order valence-corrected chi connectivity index (χ2v) is 8.23. The molecule has 0 spiro atoms. The van der Waals surface area contributed by atoms with Gasteiger partial charge >= 0.3 is 11.8 Å². The van der Waals surface area contributed by atoms with Crippen molar-refractivity contribution >= 4 is 33.3 Å². The van der Waals surface area contributed by atoms with Gasteiger partial charge in [-0.2, -0.15) is 0 Å². The van der Waals surface area contributed by atoms with Crippen LogP contribution in [0.1, 0.15) is 17.4 Å². The number of aliphatic hydroxyl groups is 1. The zero-order chi connectivity index (χ0) is 22.4. The first-order valence-corrected chi connectivity index (χ1v) is 10.6. The highest BCUT2D eigenvalue weighted by Crippen LogP contribution is 2.18. The molecule has 10 nitrogen and oxygen atoms in total. The summed E-state index contributed by atoms with van der Waals surface area (Å²) in [6, 6.07) is 15.3. The van der Waals surface area contributed by atoms with Crippen LogP contribution < -0.4 is 15.4 Å². The number of aliphatic hydroxyl groups excluding tert-OH is 1. The minimum absolute atomic E-state index is 0.0456. The molecule has 0 unspecified atom stereocenters. The van der Waals surface area contributed by atoms with Crippen molar-refractivity contribution in [3.05, 3.63) is 72.0 Å². The lowest BCUT2D eigenvalue weighted by molar-refractivity contribution is -0.136. The third kappa shape index (κ3) is 5.90. The van der Waals surface area contributed by atoms with Gasteiger partial charge in [0.1, 0.15) is 5.76 Å². The molecule has 0 saturated heterocycles. The minimum atomic E-state index is -3.90. The predicted octanol–water partition coefficient (Wildman–Crippen LogP) is 1.57. The lowest BCUT2D eigenvalue weighted by Crippen LogP contribution is -2.37. The molecule has 1 heterocycles. The molecule has 0 fully saturated rings. The molecule has 162 valence electrons. The summed E-state index contributed by atoms with van der Waals surface area (Å²) in [7, 11) is -3.90. The summed E-state index contributed by atoms with van der Waals surface area (Å²) in [5.74, 6) is -1.39. The van der Waals surface area contributed by atoms with Crippen molar-refractivity contribution in [2.75, 3.05) is 16.6 Å². The lowest BCUT2D eigenvalue weighted by Gasteiger charge is -2.12. The van der Waals surface area contributed by atoms with Gasteiger partial charge in [-0.05, 0) is 36.8 Å². The molecule has 0 aliphatic carbocycles. The van der Waals surface area contributed by atoms with E-state index < -0.39 is 27.9 Å². The van der Waals surface area contributed by atoms with E-state index in [0.29, 0.717) is 11.3 Å². The fraction of sp³-hybridized carbons (Fsp3) is 0.150. The summed E-state index contributed by atoms with van der Waals surface area (Å²) >= 11 is 0. The Kier molecular flexibility index (Phi) is 6.68. The van der Waals surface area contributed by atoms with E-state index in [1.807, 2.05) is 0 Å². The molecule has 0 saturated carbocycles. The fourth-order valence-corrected chi connectivity index (χ4v) is 3.56. The van der Waals surface area contributed by atoms with Crippen LogP contribution in [-0.2, 0) is 19.6 Å². The summed E-state index contributed by atoms with van der Waals surface area (Å²) in [5.41, 5.74) is 0.828. The average Bonchev–Trinajstić information content (AvgIpc) is 3.16. The normalized spacial score (nSPS) is 12.1. The van der Waals surface area contributed by atoms with Crippen LogP contribution >= 0.6 is 0 Å². The largest absolute Gasteiger partial charge is 0.387 e. The number of amides is 2. The van der Waals surface area contributed by atoms with Crippen molar-refractivity contribution < 1.29 is 27.6 Å². The van der Waals surface area contributed by atoms with Gasteiger partial charge in [-0.25, -0.2) is 8.42 Å². The molecule has 1 aromatic heterocycles. The molecular formula is C20H20N4O6S. The molecule has 11 heteroatoms. The second-order valence-electron chi connectivity index (χ2n) is 6.54. The van der Waals surface area contributed by atoms with Gasteiger partial charge in [-0.15, -0.1) is 0 Å². The molecule has 3 rings (SSSR count). The maximum atomic E-state index is 12.4. The van der Waals surface area contributed by atoms with Crippen molar-refractivity contribution in [3.8, 4) is 0 Å². The molecule has 0 aliphatic rings. The van der Waals surface area contributed by atoms with Crippen LogP contribution in [0.25, 0.3) is 0 Å². The van der Waals surface area contributed by atoms with Crippen LogP contribution in [0.15, 0.2) is 70.1 Å². The number of nitrogens with one attached hydrogen (secondary N) is 3. The highest BCUT2D eigenvalue weighted by molar-refractivity contribution is 7.92. The number of aryl methyl sites for hydroxylation is 1. The Morgan fingerprint density at radius 3 is 2.35 bits per heavy atom. The van der Waals surface area contributed by atoms with Crippen LogP contribution in [0.5, 0.6) is 0 Å². The summed E-state index contributed by atoms with van der Waals surface area (Å²) in [6.07, 6.45) is -0.955. The van der Waals surface area contributed by atoms with Crippen molar-refractivity contribution in [3.63, 3.8) is 0 Å². The minimum Gasteiger partial charge on any atom is -0.387 e. The predicted molar refractivity (Wildman–Crippen MR) is 112 cm³/mol. The topological polar surface area (TPSA) is 151 Å². The number of rotatable bonds is 7. The monoisotopic (exact) mass is 444 g/mol. The van der Waals surface area contributed by atoms with Gasteiger partial charge in [0, 0.05) is 18.3 Å². The molecule has 0 bridgehead atoms. The van der Waals surface area contributed by atoms with Crippen molar-refractivity contribution in [1.29, 1.82) is 0 Å². The highest BCUT2D eigenvalue weighted by Gasteiger charge is 2.18. The Hall–Kier alpha value is -3.70. The van der Waals surface area contributed by atoms with Gasteiger partial charge in [0.25, 0.3) is 10.0 Å². The molecule has 1 atom stereocenters. The third-order valence-corrected chi connectivity index (χ3v) is 5.51. The SMILES string of the molecule is Cc1cc(NS(=O)(=O)c2ccc(NC(=O)C(=O)NC[C@H](O)c3ccccc3)cc2)no1. The third-order valence-electron chi connectivity index (χ3n) is 4.14. The molecular weight excluding hydrogens is 424 g/mol. The Morgan fingerprint density at radius 2 is 1.74 bits per heavy atom. The first-order valence-electron chi connectivity index (χ1n) is 9.13. The molecule has 4 N–H and O–H groups in total. The fourth-order valence-electron chi connectivity index (χ4n) is 2.58. The molecule has 2 aromatic carbocycles. The summed E-state index contributed by atoms with van der Waals surface area (Å²) in [6.45, 7) is 1.49. The van der Waals surface area contributed by atoms with Crippen molar-refractivity contribution in [2.45, 2.75) is 17.9 Å². The van der Waals surface area contributed by atoms with E-state index in [1.54, 1.807) is 37.3 Å². The van der Waals surface area contributed by atoms with Gasteiger partial charge in [-0.1, -0.05) is 35.5 Å². The smallest absolute Gasteiger partial charge is 0.313 e. The number of nitrogens with zero attached hydrogens (tertiary/aromatic N) is 1. The van der Waals surface area contributed by atoms with Crippen LogP contribution in [0.2, 0.25) is 0 Å². The zero-order valence-corrected chi connectivity index (χ0v) is 17.2. The molecule has 31 heavy (non-hydrogen) atoms. The Balaban J connectivity index is 1.55. The van der Waals surface area contributed by atoms with E-state index in [9.17, 15) is 23.1 Å². The zero-order valence-electron chi connectivity index (χ0n) is 16.4. The summed E-state index contributed by atoms with van der Waals surface area (Å²) in [5, 5.41) is 18.3. The maximum absolute atomic E-state index is 12.4. The van der Waals surface area contributed by atoms with Crippen molar-refractivity contribution in [1.82, 2.24) is 10.5 Å². The van der Waals surface area contributed by atoms with Gasteiger partial charge in [-0.3, -0.25) is 14.3 Å². The highest BCUT2D eigenvalue weighted by atomic mass is 32.2. The number of sulfonamides is 1. The van der Waals surface area contributed by atoms with E-state index in [2.05, 4.69) is 20.5 Å². The van der Waals surface area contributed by atoms with Gasteiger partial charge in [0.2, 0.25) is 0 Å². The quantitative estimate of drug-likeness (QED) is 0.404. The molecule has 0 aliphatic heterocycles. The standard InChI is InChI=1S/C20H20N4O6S/c1-13-11-18(23-30-13)24-31(28,29)16-9-7-15(8-10-16)22-20(27)19(26)21-12-17(25)14-5-3-2-4-6-14/h2-11,17,25H,12H2,1H3,(H,21,26)(H,22,27)(H,23,24)/t17-/m0/s1. The molecule has 0 radical (unpaired) electrons. The number of aromatic nitrogens is 1. The van der Waals surface area contributed by atoms with Gasteiger partial charge in [0.05, 0.1) is 11.0 Å². The van der Waals surface area contributed by atoms with Crippen molar-refractivity contribution in [2.24, 2.45) is 0 Å². The number of hydrogen-bond acceptors (Lipinski definition) is 7. The Bertz CT molecular complexity index is 1160. The van der Waals surface area contributed by atoms with Gasteiger partial charge in [0.15, 0.2) is 5.82 Å². The van der Waals surface area contributed by atoms with E-state index in [1.165, 1.54) is 30.3 Å². The lowest BCUT2D eigenvalue weighted by atomic mass is 10.1. The number of carbonyl (C=O) groups excluding carboxylic acids is 2. The Morgan fingerprint density at radius 1 is 1.06 bits per heavy atom. The maximum Gasteiger partial charge on any atom is 0.313 e. The first-order chi connectivity index (χ1) is 14.7. The van der Waals surface area contributed by atoms with E-state index in [-0.39, 0.29) is 22.9 Å². The van der Waals surface area contributed by atoms with E-state index in [0.717, 1.165) is 0 Å². The average molecular weight is 444 g/mol. The van der Waals surface area contributed by atoms with Crippen LogP contribution in [-0.4, -0.2) is 37.0 Å². The van der Waals surface area contributed by atoms with Crippen LogP contribution in [0.4, 0.5) is 11.5 Å². The number of benzene rings is 2. The van der Waals surface area contributed by atoms with E-state index in [4.69, 9.17) is 4.52 Å². The van der Waals surface area contributed by atoms with Gasteiger partial charge < -0.3 is 20.3 Å². The number of carbonyl (C=O) groups is 2. The second kappa shape index (κ2) is 9.41. The number of anilines is 2. The number of hydrogen-bond donors (Lipinski definition) is 4. The molecule has 2 amide bonds. The Labute approximate surface area is 178 Å². The van der Waals surface area contributed by atoms with Crippen LogP contribution in [0.3, 0.4) is 0 Å². The summed E-state index contributed by atoms with van der Waals surface area (Å²) in [4.78, 5) is 23.9. The van der Waals surface area contributed by atoms with Crippen LogP contribution in [0, 0.1) is 6.92 Å². The summed E-state index contributed by atoms with van der Waals surface area (Å²) < 4.78 is 31.8. The molecule has 3 aromatic rings. The van der Waals surface area contributed by atoms with E-state index >= 15 is 0 Å².